The highest BCUT2D eigenvalue weighted by atomic mass is 16.5. The van der Waals surface area contributed by atoms with Crippen molar-refractivity contribution in [2.45, 2.75) is 38.8 Å². The van der Waals surface area contributed by atoms with Crippen molar-refractivity contribution in [1.82, 2.24) is 5.32 Å². The Morgan fingerprint density at radius 3 is 2.30 bits per heavy atom. The Morgan fingerprint density at radius 2 is 1.85 bits per heavy atom. The molecule has 0 heterocycles. The lowest BCUT2D eigenvalue weighted by molar-refractivity contribution is -0.128. The first-order valence-corrected chi connectivity index (χ1v) is 6.32. The van der Waals surface area contributed by atoms with Crippen LogP contribution in [0.3, 0.4) is 0 Å². The van der Waals surface area contributed by atoms with Gasteiger partial charge in [0.05, 0.1) is 22.8 Å². The smallest absolute Gasteiger partial charge is 0.258 e. The Morgan fingerprint density at radius 1 is 1.30 bits per heavy atom. The lowest BCUT2D eigenvalue weighted by atomic mass is 9.86. The quantitative estimate of drug-likeness (QED) is 0.855. The van der Waals surface area contributed by atoms with Gasteiger partial charge in [-0.15, -0.1) is 0 Å². The number of nitrogens with one attached hydrogen (secondary N) is 1. The van der Waals surface area contributed by atoms with E-state index in [2.05, 4.69) is 5.32 Å². The third-order valence-electron chi connectivity index (χ3n) is 3.33. The zero-order chi connectivity index (χ0) is 15.4. The molecule has 5 nitrogen and oxygen atoms in total. The van der Waals surface area contributed by atoms with E-state index in [0.29, 0.717) is 11.3 Å². The maximum absolute atomic E-state index is 11.8. The fourth-order valence-corrected chi connectivity index (χ4v) is 1.31. The number of hydrogen-bond donors (Lipinski definition) is 2. The maximum Gasteiger partial charge on any atom is 0.258 e. The number of carbonyl (C=O) groups excluding carboxylic acids is 1. The zero-order valence-corrected chi connectivity index (χ0v) is 12.2. The number of hydrogen-bond acceptors (Lipinski definition) is 4. The third-order valence-corrected chi connectivity index (χ3v) is 3.33. The van der Waals surface area contributed by atoms with Crippen LogP contribution in [0.4, 0.5) is 0 Å². The second kappa shape index (κ2) is 5.93. The van der Waals surface area contributed by atoms with Crippen LogP contribution in [0, 0.1) is 11.3 Å². The molecule has 0 radical (unpaired) electrons. The Balaban J connectivity index is 2.53. The number of carbonyl (C=O) groups is 1. The van der Waals surface area contributed by atoms with Crippen molar-refractivity contribution < 1.29 is 14.6 Å². The Hall–Kier alpha value is -2.06. The van der Waals surface area contributed by atoms with E-state index in [4.69, 9.17) is 10.00 Å². The minimum Gasteiger partial charge on any atom is -0.484 e. The molecule has 1 amide bonds. The summed E-state index contributed by atoms with van der Waals surface area (Å²) in [7, 11) is 0. The summed E-state index contributed by atoms with van der Waals surface area (Å²) >= 11 is 0. The molecule has 108 valence electrons. The molecule has 0 aromatic heterocycles. The first-order chi connectivity index (χ1) is 9.15. The van der Waals surface area contributed by atoms with E-state index >= 15 is 0 Å². The summed E-state index contributed by atoms with van der Waals surface area (Å²) in [6.07, 6.45) is 0. The highest BCUT2D eigenvalue weighted by Crippen LogP contribution is 2.20. The van der Waals surface area contributed by atoms with Crippen molar-refractivity contribution in [3.05, 3.63) is 29.8 Å². The molecular weight excluding hydrogens is 256 g/mol. The van der Waals surface area contributed by atoms with E-state index in [1.807, 2.05) is 6.07 Å². The predicted molar refractivity (Wildman–Crippen MR) is 75.2 cm³/mol. The third kappa shape index (κ3) is 4.25. The van der Waals surface area contributed by atoms with Gasteiger partial charge in [0.2, 0.25) is 0 Å². The molecule has 0 aliphatic heterocycles. The van der Waals surface area contributed by atoms with Gasteiger partial charge >= 0.3 is 0 Å². The van der Waals surface area contributed by atoms with E-state index in [-0.39, 0.29) is 12.5 Å². The van der Waals surface area contributed by atoms with Gasteiger partial charge in [-0.2, -0.15) is 5.26 Å². The standard InChI is InChI=1S/C15H20N2O3/c1-14(2,15(3,4)19)17-13(18)10-20-12-7-5-11(9-16)6-8-12/h5-8,19H,10H2,1-4H3,(H,17,18). The molecule has 2 N–H and O–H groups in total. The van der Waals surface area contributed by atoms with Crippen molar-refractivity contribution in [1.29, 1.82) is 5.26 Å². The summed E-state index contributed by atoms with van der Waals surface area (Å²) < 4.78 is 5.32. The predicted octanol–water partition coefficient (Wildman–Crippen LogP) is 1.60. The Kier molecular flexibility index (Phi) is 4.74. The molecule has 0 fully saturated rings. The van der Waals surface area contributed by atoms with Crippen molar-refractivity contribution in [2.24, 2.45) is 0 Å². The molecule has 0 saturated heterocycles. The minimum atomic E-state index is -1.04. The largest absolute Gasteiger partial charge is 0.484 e. The SMILES string of the molecule is CC(C)(O)C(C)(C)NC(=O)COc1ccc(C#N)cc1. The summed E-state index contributed by atoms with van der Waals surface area (Å²) in [4.78, 5) is 11.8. The van der Waals surface area contributed by atoms with E-state index in [0.717, 1.165) is 0 Å². The Labute approximate surface area is 119 Å². The highest BCUT2D eigenvalue weighted by Gasteiger charge is 2.36. The molecule has 0 atom stereocenters. The Bertz CT molecular complexity index is 507. The molecule has 0 saturated carbocycles. The molecular formula is C15H20N2O3. The van der Waals surface area contributed by atoms with Crippen LogP contribution in [0.1, 0.15) is 33.3 Å². The number of rotatable bonds is 5. The van der Waals surface area contributed by atoms with Gasteiger partial charge in [0.1, 0.15) is 5.75 Å². The van der Waals surface area contributed by atoms with Crippen LogP contribution < -0.4 is 10.1 Å². The van der Waals surface area contributed by atoms with Gasteiger partial charge in [-0.3, -0.25) is 4.79 Å². The molecule has 5 heteroatoms. The van der Waals surface area contributed by atoms with E-state index in [1.165, 1.54) is 0 Å². The molecule has 0 unspecified atom stereocenters. The van der Waals surface area contributed by atoms with Gasteiger partial charge in [0.25, 0.3) is 5.91 Å². The number of nitriles is 1. The number of nitrogens with zero attached hydrogens (tertiary/aromatic N) is 1. The molecule has 1 aromatic rings. The molecule has 0 aliphatic carbocycles. The van der Waals surface area contributed by atoms with Gasteiger partial charge in [-0.05, 0) is 52.0 Å². The average Bonchev–Trinajstić information content (AvgIpc) is 2.35. The van der Waals surface area contributed by atoms with Crippen LogP contribution >= 0.6 is 0 Å². The van der Waals surface area contributed by atoms with E-state index in [9.17, 15) is 9.90 Å². The fourth-order valence-electron chi connectivity index (χ4n) is 1.31. The van der Waals surface area contributed by atoms with Crippen LogP contribution in [-0.4, -0.2) is 28.8 Å². The maximum atomic E-state index is 11.8. The number of amides is 1. The summed E-state index contributed by atoms with van der Waals surface area (Å²) in [5, 5.41) is 21.3. The zero-order valence-electron chi connectivity index (χ0n) is 12.2. The van der Waals surface area contributed by atoms with Gasteiger partial charge < -0.3 is 15.2 Å². The normalized spacial score (nSPS) is 11.6. The van der Waals surface area contributed by atoms with E-state index in [1.54, 1.807) is 52.0 Å². The van der Waals surface area contributed by atoms with Gasteiger partial charge in [-0.1, -0.05) is 0 Å². The van der Waals surface area contributed by atoms with Crippen LogP contribution in [0.15, 0.2) is 24.3 Å². The average molecular weight is 276 g/mol. The number of ether oxygens (including phenoxy) is 1. The first-order valence-electron chi connectivity index (χ1n) is 6.32. The van der Waals surface area contributed by atoms with Crippen molar-refractivity contribution in [2.75, 3.05) is 6.61 Å². The topological polar surface area (TPSA) is 82.3 Å². The first kappa shape index (κ1) is 16.0. The molecule has 20 heavy (non-hydrogen) atoms. The van der Waals surface area contributed by atoms with E-state index < -0.39 is 11.1 Å². The second-order valence-electron chi connectivity index (χ2n) is 5.66. The highest BCUT2D eigenvalue weighted by molar-refractivity contribution is 5.78. The summed E-state index contributed by atoms with van der Waals surface area (Å²) in [5.74, 6) is 0.196. The second-order valence-corrected chi connectivity index (χ2v) is 5.66. The summed E-state index contributed by atoms with van der Waals surface area (Å²) in [6, 6.07) is 8.51. The van der Waals surface area contributed by atoms with Crippen LogP contribution in [0.25, 0.3) is 0 Å². The van der Waals surface area contributed by atoms with Crippen molar-refractivity contribution in [3.8, 4) is 11.8 Å². The molecule has 0 bridgehead atoms. The molecule has 1 aromatic carbocycles. The summed E-state index contributed by atoms with van der Waals surface area (Å²) in [6.45, 7) is 6.61. The van der Waals surface area contributed by atoms with Gasteiger partial charge in [0.15, 0.2) is 6.61 Å². The molecule has 0 spiro atoms. The minimum absolute atomic E-state index is 0.147. The number of aliphatic hydroxyl groups is 1. The fraction of sp³-hybridized carbons (Fsp3) is 0.467. The number of benzene rings is 1. The van der Waals surface area contributed by atoms with Crippen LogP contribution in [-0.2, 0) is 4.79 Å². The molecule has 1 rings (SSSR count). The van der Waals surface area contributed by atoms with Crippen molar-refractivity contribution in [3.63, 3.8) is 0 Å². The van der Waals surface area contributed by atoms with Crippen LogP contribution in [0.2, 0.25) is 0 Å². The van der Waals surface area contributed by atoms with Crippen molar-refractivity contribution >= 4 is 5.91 Å². The van der Waals surface area contributed by atoms with Gasteiger partial charge in [0, 0.05) is 0 Å². The van der Waals surface area contributed by atoms with Gasteiger partial charge in [-0.25, -0.2) is 0 Å². The molecule has 0 aliphatic rings. The monoisotopic (exact) mass is 276 g/mol. The summed E-state index contributed by atoms with van der Waals surface area (Å²) in [5.41, 5.74) is -1.28. The lowest BCUT2D eigenvalue weighted by Gasteiger charge is -2.37. The lowest BCUT2D eigenvalue weighted by Crippen LogP contribution is -2.58. The van der Waals surface area contributed by atoms with Crippen LogP contribution in [0.5, 0.6) is 5.75 Å².